The Labute approximate surface area is 252 Å². The summed E-state index contributed by atoms with van der Waals surface area (Å²) < 4.78 is 0. The maximum atomic E-state index is 13.1. The predicted octanol–water partition coefficient (Wildman–Crippen LogP) is 6.30. The van der Waals surface area contributed by atoms with E-state index in [0.717, 1.165) is 42.5 Å². The van der Waals surface area contributed by atoms with Crippen LogP contribution in [0.3, 0.4) is 0 Å². The largest absolute Gasteiger partial charge is 0.359 e. The number of hydrogen-bond acceptors (Lipinski definition) is 6. The average Bonchev–Trinajstić information content (AvgIpc) is 3.69. The molecule has 1 saturated heterocycles. The summed E-state index contributed by atoms with van der Waals surface area (Å²) in [6, 6.07) is 18.3. The molecule has 2 aromatic heterocycles. The molecule has 1 aliphatic rings. The van der Waals surface area contributed by atoms with E-state index in [0.29, 0.717) is 51.1 Å². The number of halogens is 2. The third-order valence-corrected chi connectivity index (χ3v) is 7.99. The lowest BCUT2D eigenvalue weighted by molar-refractivity contribution is -0.121. The quantitative estimate of drug-likeness (QED) is 0.182. The topological polar surface area (TPSA) is 116 Å². The van der Waals surface area contributed by atoms with Crippen molar-refractivity contribution in [3.63, 3.8) is 0 Å². The highest BCUT2D eigenvalue weighted by molar-refractivity contribution is 6.35. The van der Waals surface area contributed by atoms with Gasteiger partial charge in [0, 0.05) is 36.5 Å². The van der Waals surface area contributed by atoms with Gasteiger partial charge in [-0.2, -0.15) is 0 Å². The minimum atomic E-state index is -0.401. The van der Waals surface area contributed by atoms with E-state index in [1.165, 1.54) is 6.33 Å². The van der Waals surface area contributed by atoms with Gasteiger partial charge >= 0.3 is 0 Å². The van der Waals surface area contributed by atoms with Gasteiger partial charge < -0.3 is 20.5 Å². The van der Waals surface area contributed by atoms with Crippen LogP contribution in [0.25, 0.3) is 21.9 Å². The molecule has 214 valence electrons. The van der Waals surface area contributed by atoms with Gasteiger partial charge in [-0.05, 0) is 55.2 Å². The second-order valence-electron chi connectivity index (χ2n) is 10.4. The van der Waals surface area contributed by atoms with Crippen LogP contribution in [0.1, 0.15) is 53.5 Å². The van der Waals surface area contributed by atoms with Gasteiger partial charge in [0.05, 0.1) is 33.2 Å². The lowest BCUT2D eigenvalue weighted by Crippen LogP contribution is -2.27. The lowest BCUT2D eigenvalue weighted by Gasteiger charge is -2.19. The summed E-state index contributed by atoms with van der Waals surface area (Å²) in [5, 5.41) is 8.05. The maximum absolute atomic E-state index is 13.1. The standard InChI is InChI=1S/C31H29Cl2N7O2/c32-20-8-9-24-27(14-20)39-30(37-24)25(10-11-28(41)34-17-19-6-2-1-3-7-19)38-29-22-15-23(33)21(16-26(22)35-18-36-29)31(42)40-12-4-5-13-40/h1-3,6-9,14-16,18,25H,4-5,10-13,17H2,(H,34,41)(H,37,39)(H,35,36,38). The highest BCUT2D eigenvalue weighted by Crippen LogP contribution is 2.32. The highest BCUT2D eigenvalue weighted by Gasteiger charge is 2.24. The molecular formula is C31H29Cl2N7O2. The molecule has 3 N–H and O–H groups in total. The van der Waals surface area contributed by atoms with Crippen LogP contribution < -0.4 is 10.6 Å². The second kappa shape index (κ2) is 12.3. The van der Waals surface area contributed by atoms with Crippen LogP contribution in [-0.2, 0) is 11.3 Å². The summed E-state index contributed by atoms with van der Waals surface area (Å²) in [7, 11) is 0. The minimum Gasteiger partial charge on any atom is -0.359 e. The number of amides is 2. The van der Waals surface area contributed by atoms with E-state index in [1.54, 1.807) is 18.2 Å². The number of fused-ring (bicyclic) bond motifs is 2. The molecule has 1 atom stereocenters. The molecule has 5 aromatic rings. The van der Waals surface area contributed by atoms with Crippen molar-refractivity contribution in [3.8, 4) is 0 Å². The number of aromatic nitrogens is 4. The number of imidazole rings is 1. The summed E-state index contributed by atoms with van der Waals surface area (Å²) >= 11 is 12.9. The minimum absolute atomic E-state index is 0.0783. The number of H-pyrrole nitrogens is 1. The Morgan fingerprint density at radius 2 is 1.79 bits per heavy atom. The van der Waals surface area contributed by atoms with E-state index in [-0.39, 0.29) is 18.2 Å². The Morgan fingerprint density at radius 1 is 0.976 bits per heavy atom. The third-order valence-electron chi connectivity index (χ3n) is 7.44. The fraction of sp³-hybridized carbons (Fsp3) is 0.258. The van der Waals surface area contributed by atoms with E-state index < -0.39 is 6.04 Å². The molecule has 1 fully saturated rings. The number of rotatable bonds is 9. The van der Waals surface area contributed by atoms with Crippen LogP contribution >= 0.6 is 23.2 Å². The molecule has 3 aromatic carbocycles. The molecule has 1 unspecified atom stereocenters. The molecule has 2 amide bonds. The Morgan fingerprint density at radius 3 is 2.60 bits per heavy atom. The average molecular weight is 603 g/mol. The number of nitrogens with one attached hydrogen (secondary N) is 3. The van der Waals surface area contributed by atoms with Crippen molar-refractivity contribution in [2.45, 2.75) is 38.3 Å². The fourth-order valence-electron chi connectivity index (χ4n) is 5.22. The predicted molar refractivity (Wildman–Crippen MR) is 165 cm³/mol. The number of nitrogens with zero attached hydrogens (tertiary/aromatic N) is 4. The molecule has 42 heavy (non-hydrogen) atoms. The van der Waals surface area contributed by atoms with Crippen LogP contribution in [0, 0.1) is 0 Å². The van der Waals surface area contributed by atoms with Crippen LogP contribution in [0.2, 0.25) is 10.0 Å². The summed E-state index contributed by atoms with van der Waals surface area (Å²) in [6.07, 6.45) is 4.11. The van der Waals surface area contributed by atoms with E-state index in [4.69, 9.17) is 28.2 Å². The van der Waals surface area contributed by atoms with Crippen molar-refractivity contribution >= 4 is 62.8 Å². The normalized spacial score (nSPS) is 13.9. The Kier molecular flexibility index (Phi) is 8.21. The number of carbonyl (C=O) groups is 2. The molecule has 3 heterocycles. The molecule has 0 spiro atoms. The summed E-state index contributed by atoms with van der Waals surface area (Å²) in [4.78, 5) is 44.8. The first-order valence-corrected chi connectivity index (χ1v) is 14.7. The first kappa shape index (κ1) is 27.9. The van der Waals surface area contributed by atoms with E-state index >= 15 is 0 Å². The van der Waals surface area contributed by atoms with Gasteiger partial charge in [-0.25, -0.2) is 15.0 Å². The zero-order valence-electron chi connectivity index (χ0n) is 22.7. The zero-order chi connectivity index (χ0) is 29.1. The number of benzene rings is 3. The first-order chi connectivity index (χ1) is 20.4. The lowest BCUT2D eigenvalue weighted by atomic mass is 10.1. The molecular weight excluding hydrogens is 573 g/mol. The number of anilines is 1. The smallest absolute Gasteiger partial charge is 0.255 e. The van der Waals surface area contributed by atoms with Crippen molar-refractivity contribution in [2.75, 3.05) is 18.4 Å². The molecule has 9 nitrogen and oxygen atoms in total. The molecule has 0 aliphatic carbocycles. The van der Waals surface area contributed by atoms with Crippen molar-refractivity contribution in [3.05, 3.63) is 94.0 Å². The second-order valence-corrected chi connectivity index (χ2v) is 11.2. The first-order valence-electron chi connectivity index (χ1n) is 13.9. The molecule has 0 bridgehead atoms. The van der Waals surface area contributed by atoms with Gasteiger partial charge in [-0.3, -0.25) is 9.59 Å². The molecule has 0 radical (unpaired) electrons. The SMILES string of the molecule is O=C(CCC(Nc1ncnc2cc(C(=O)N3CCCC3)c(Cl)cc12)c1nc2ccc(Cl)cc2[nH]1)NCc1ccccc1. The van der Waals surface area contributed by atoms with Gasteiger partial charge in [0.1, 0.15) is 18.0 Å². The van der Waals surface area contributed by atoms with Crippen molar-refractivity contribution < 1.29 is 9.59 Å². The summed E-state index contributed by atoms with van der Waals surface area (Å²) in [5.74, 6) is 0.996. The summed E-state index contributed by atoms with van der Waals surface area (Å²) in [5.41, 5.74) is 3.60. The van der Waals surface area contributed by atoms with Crippen LogP contribution in [0.5, 0.6) is 0 Å². The van der Waals surface area contributed by atoms with Crippen LogP contribution in [-0.4, -0.2) is 49.7 Å². The van der Waals surface area contributed by atoms with Gasteiger partial charge in [-0.15, -0.1) is 0 Å². The Hall–Kier alpha value is -4.21. The van der Waals surface area contributed by atoms with Gasteiger partial charge in [0.15, 0.2) is 0 Å². The monoisotopic (exact) mass is 601 g/mol. The number of likely N-dealkylation sites (tertiary alicyclic amines) is 1. The Bertz CT molecular complexity index is 1750. The van der Waals surface area contributed by atoms with E-state index in [9.17, 15) is 9.59 Å². The van der Waals surface area contributed by atoms with Gasteiger partial charge in [0.2, 0.25) is 5.91 Å². The zero-order valence-corrected chi connectivity index (χ0v) is 24.3. The summed E-state index contributed by atoms with van der Waals surface area (Å²) in [6.45, 7) is 1.91. The van der Waals surface area contributed by atoms with Crippen LogP contribution in [0.15, 0.2) is 67.0 Å². The van der Waals surface area contributed by atoms with E-state index in [2.05, 4.69) is 25.6 Å². The van der Waals surface area contributed by atoms with Gasteiger partial charge in [0.25, 0.3) is 5.91 Å². The molecule has 1 aliphatic heterocycles. The molecule has 0 saturated carbocycles. The molecule has 6 rings (SSSR count). The number of carbonyl (C=O) groups excluding carboxylic acids is 2. The van der Waals surface area contributed by atoms with E-state index in [1.807, 2.05) is 47.4 Å². The number of hydrogen-bond donors (Lipinski definition) is 3. The highest BCUT2D eigenvalue weighted by atomic mass is 35.5. The fourth-order valence-corrected chi connectivity index (χ4v) is 5.63. The maximum Gasteiger partial charge on any atom is 0.255 e. The van der Waals surface area contributed by atoms with Crippen molar-refractivity contribution in [1.82, 2.24) is 30.2 Å². The third kappa shape index (κ3) is 6.17. The number of aromatic amines is 1. The molecule has 11 heteroatoms. The van der Waals surface area contributed by atoms with Crippen LogP contribution in [0.4, 0.5) is 5.82 Å². The van der Waals surface area contributed by atoms with Crippen molar-refractivity contribution in [2.24, 2.45) is 0 Å². The van der Waals surface area contributed by atoms with Gasteiger partial charge in [-0.1, -0.05) is 53.5 Å². The Balaban J connectivity index is 1.27. The van der Waals surface area contributed by atoms with Crippen molar-refractivity contribution in [1.29, 1.82) is 0 Å².